The van der Waals surface area contributed by atoms with Gasteiger partial charge >= 0.3 is 0 Å². The third kappa shape index (κ3) is 4.34. The molecule has 3 nitrogen and oxygen atoms in total. The molecule has 0 unspecified atom stereocenters. The van der Waals surface area contributed by atoms with Crippen LogP contribution >= 0.6 is 10.7 Å². The van der Waals surface area contributed by atoms with Gasteiger partial charge in [0, 0.05) is 17.2 Å². The van der Waals surface area contributed by atoms with Crippen molar-refractivity contribution in [2.45, 2.75) is 30.7 Å². The Morgan fingerprint density at radius 2 is 1.35 bits per heavy atom. The van der Waals surface area contributed by atoms with Crippen molar-refractivity contribution in [3.63, 3.8) is 0 Å². The Balaban J connectivity index is 1.71. The van der Waals surface area contributed by atoms with Crippen LogP contribution in [0.3, 0.4) is 0 Å². The minimum atomic E-state index is -3.66. The van der Waals surface area contributed by atoms with Gasteiger partial charge in [0.15, 0.2) is 0 Å². The Kier molecular flexibility index (Phi) is 5.05. The summed E-state index contributed by atoms with van der Waals surface area (Å²) in [7, 11) is 1.68. The van der Waals surface area contributed by atoms with Crippen molar-refractivity contribution >= 4 is 19.7 Å². The molecule has 5 heteroatoms. The normalized spacial score (nSPS) is 16.4. The molecule has 0 radical (unpaired) electrons. The lowest BCUT2D eigenvalue weighted by Gasteiger charge is -2.26. The van der Waals surface area contributed by atoms with Crippen LogP contribution in [0.25, 0.3) is 11.1 Å². The van der Waals surface area contributed by atoms with Crippen LogP contribution < -0.4 is 0 Å². The fourth-order valence-electron chi connectivity index (χ4n) is 2.99. The van der Waals surface area contributed by atoms with Crippen LogP contribution in [0.4, 0.5) is 0 Å². The molecule has 0 N–H and O–H groups in total. The summed E-state index contributed by atoms with van der Waals surface area (Å²) in [5.41, 5.74) is 3.38. The highest BCUT2D eigenvalue weighted by Crippen LogP contribution is 2.24. The molecule has 1 fully saturated rings. The zero-order valence-electron chi connectivity index (χ0n) is 12.9. The van der Waals surface area contributed by atoms with Gasteiger partial charge in [-0.05, 0) is 54.8 Å². The first-order valence-corrected chi connectivity index (χ1v) is 10.2. The molecule has 2 aromatic rings. The molecule has 122 valence electrons. The Morgan fingerprint density at radius 1 is 0.826 bits per heavy atom. The summed E-state index contributed by atoms with van der Waals surface area (Å²) in [6.45, 7) is 3.38. The molecule has 0 saturated carbocycles. The van der Waals surface area contributed by atoms with E-state index in [1.54, 1.807) is 24.3 Å². The molecule has 1 heterocycles. The van der Waals surface area contributed by atoms with Crippen molar-refractivity contribution < 1.29 is 8.42 Å². The summed E-state index contributed by atoms with van der Waals surface area (Å²) in [6, 6.07) is 15.1. The van der Waals surface area contributed by atoms with E-state index in [2.05, 4.69) is 29.2 Å². The summed E-state index contributed by atoms with van der Waals surface area (Å²) < 4.78 is 22.6. The highest BCUT2D eigenvalue weighted by atomic mass is 35.7. The molecule has 0 bridgehead atoms. The standard InChI is InChI=1S/C18H20ClNO2S/c19-23(21,22)18-10-8-17(9-11-18)16-6-4-15(5-7-16)14-20-12-2-1-3-13-20/h4-11H,1-3,12-14H2. The molecule has 0 aromatic heterocycles. The van der Waals surface area contributed by atoms with Crippen molar-refractivity contribution in [3.05, 3.63) is 54.1 Å². The summed E-state index contributed by atoms with van der Waals surface area (Å²) >= 11 is 0. The summed E-state index contributed by atoms with van der Waals surface area (Å²) in [6.07, 6.45) is 3.95. The maximum absolute atomic E-state index is 11.3. The van der Waals surface area contributed by atoms with Gasteiger partial charge in [-0.2, -0.15) is 0 Å². The molecule has 0 aliphatic carbocycles. The molecule has 1 saturated heterocycles. The molecule has 3 rings (SSSR count). The van der Waals surface area contributed by atoms with Crippen LogP contribution in [0.15, 0.2) is 53.4 Å². The number of nitrogens with zero attached hydrogens (tertiary/aromatic N) is 1. The Hall–Kier alpha value is -1.36. The molecule has 2 aromatic carbocycles. The van der Waals surface area contributed by atoms with Gasteiger partial charge in [-0.3, -0.25) is 4.90 Å². The molecule has 0 amide bonds. The van der Waals surface area contributed by atoms with Crippen molar-refractivity contribution in [2.24, 2.45) is 0 Å². The lowest BCUT2D eigenvalue weighted by Crippen LogP contribution is -2.28. The third-order valence-corrected chi connectivity index (χ3v) is 5.65. The topological polar surface area (TPSA) is 37.4 Å². The zero-order chi connectivity index (χ0) is 16.3. The smallest absolute Gasteiger partial charge is 0.261 e. The first-order chi connectivity index (χ1) is 11.0. The fourth-order valence-corrected chi connectivity index (χ4v) is 3.76. The first-order valence-electron chi connectivity index (χ1n) is 7.89. The number of hydrogen-bond acceptors (Lipinski definition) is 3. The zero-order valence-corrected chi connectivity index (χ0v) is 14.5. The highest BCUT2D eigenvalue weighted by molar-refractivity contribution is 8.13. The van der Waals surface area contributed by atoms with Crippen LogP contribution in [-0.4, -0.2) is 26.4 Å². The van der Waals surface area contributed by atoms with Crippen molar-refractivity contribution in [1.82, 2.24) is 4.90 Å². The van der Waals surface area contributed by atoms with E-state index in [0.29, 0.717) is 0 Å². The van der Waals surface area contributed by atoms with Crippen LogP contribution in [0.2, 0.25) is 0 Å². The molecule has 0 spiro atoms. The van der Waals surface area contributed by atoms with Crippen LogP contribution in [0, 0.1) is 0 Å². The van der Waals surface area contributed by atoms with E-state index in [1.807, 2.05) is 0 Å². The Bertz CT molecular complexity index is 749. The minimum Gasteiger partial charge on any atom is -0.299 e. The minimum absolute atomic E-state index is 0.129. The average Bonchev–Trinajstić information content (AvgIpc) is 2.56. The maximum Gasteiger partial charge on any atom is 0.261 e. The molecule has 0 atom stereocenters. The SMILES string of the molecule is O=S(=O)(Cl)c1ccc(-c2ccc(CN3CCCCC3)cc2)cc1. The van der Waals surface area contributed by atoms with E-state index in [4.69, 9.17) is 10.7 Å². The average molecular weight is 350 g/mol. The molecule has 1 aliphatic heterocycles. The fraction of sp³-hybridized carbons (Fsp3) is 0.333. The van der Waals surface area contributed by atoms with E-state index in [1.165, 1.54) is 37.9 Å². The van der Waals surface area contributed by atoms with Gasteiger partial charge in [0.2, 0.25) is 0 Å². The lowest BCUT2D eigenvalue weighted by molar-refractivity contribution is 0.221. The van der Waals surface area contributed by atoms with Crippen molar-refractivity contribution in [3.8, 4) is 11.1 Å². The predicted molar refractivity (Wildman–Crippen MR) is 94.0 cm³/mol. The number of piperidine rings is 1. The van der Waals surface area contributed by atoms with E-state index < -0.39 is 9.05 Å². The van der Waals surface area contributed by atoms with E-state index in [9.17, 15) is 8.42 Å². The number of rotatable bonds is 4. The monoisotopic (exact) mass is 349 g/mol. The van der Waals surface area contributed by atoms with Gasteiger partial charge in [-0.1, -0.05) is 42.8 Å². The number of hydrogen-bond donors (Lipinski definition) is 0. The first kappa shape index (κ1) is 16.5. The predicted octanol–water partition coefficient (Wildman–Crippen LogP) is 4.27. The molecule has 23 heavy (non-hydrogen) atoms. The molecular formula is C18H20ClNO2S. The second-order valence-corrected chi connectivity index (χ2v) is 8.56. The van der Waals surface area contributed by atoms with Gasteiger partial charge < -0.3 is 0 Å². The van der Waals surface area contributed by atoms with Crippen molar-refractivity contribution in [1.29, 1.82) is 0 Å². The van der Waals surface area contributed by atoms with Crippen molar-refractivity contribution in [2.75, 3.05) is 13.1 Å². The number of benzene rings is 2. The van der Waals surface area contributed by atoms with Crippen LogP contribution in [0.5, 0.6) is 0 Å². The van der Waals surface area contributed by atoms with Gasteiger partial charge in [0.1, 0.15) is 0 Å². The van der Waals surface area contributed by atoms with Gasteiger partial charge in [0.25, 0.3) is 9.05 Å². The summed E-state index contributed by atoms with van der Waals surface area (Å²) in [4.78, 5) is 2.63. The quantitative estimate of drug-likeness (QED) is 0.774. The Labute approximate surface area is 142 Å². The van der Waals surface area contributed by atoms with E-state index in [-0.39, 0.29) is 4.90 Å². The third-order valence-electron chi connectivity index (χ3n) is 4.28. The second kappa shape index (κ2) is 7.04. The van der Waals surface area contributed by atoms with E-state index >= 15 is 0 Å². The van der Waals surface area contributed by atoms with Gasteiger partial charge in [0.05, 0.1) is 4.90 Å². The molecule has 1 aliphatic rings. The summed E-state index contributed by atoms with van der Waals surface area (Å²) in [5, 5.41) is 0. The van der Waals surface area contributed by atoms with Gasteiger partial charge in [-0.15, -0.1) is 0 Å². The van der Waals surface area contributed by atoms with Crippen LogP contribution in [-0.2, 0) is 15.6 Å². The maximum atomic E-state index is 11.3. The number of likely N-dealkylation sites (tertiary alicyclic amines) is 1. The Morgan fingerprint density at radius 3 is 1.87 bits per heavy atom. The second-order valence-electron chi connectivity index (χ2n) is 6.00. The number of halogens is 1. The highest BCUT2D eigenvalue weighted by Gasteiger charge is 2.11. The lowest BCUT2D eigenvalue weighted by atomic mass is 10.0. The molecular weight excluding hydrogens is 330 g/mol. The van der Waals surface area contributed by atoms with Crippen LogP contribution in [0.1, 0.15) is 24.8 Å². The largest absolute Gasteiger partial charge is 0.299 e. The van der Waals surface area contributed by atoms with Gasteiger partial charge in [-0.25, -0.2) is 8.42 Å². The summed E-state index contributed by atoms with van der Waals surface area (Å²) in [5.74, 6) is 0. The van der Waals surface area contributed by atoms with E-state index in [0.717, 1.165) is 17.7 Å².